The standard InChI is InChI=1S/C31H32ClN5O4/c32-20-10-4-9-19(14-20)26(38)17-34-23-11-12-33-29(39)27(23)28-35-24-15-21-22(16-25(24)36-28)31(41)37(30(21)40)13-5-8-18-6-2-1-3-7-18/h4,9-12,14-16,18,26,38H,1-3,5-8,13,17H2,(H,35,36)(H2,33,34,39)/t26-/m1/s1. The number of nitrogens with zero attached hydrogens (tertiary/aromatic N) is 2. The maximum Gasteiger partial charge on any atom is 0.261 e. The number of rotatable bonds is 9. The second-order valence-corrected chi connectivity index (χ2v) is 11.4. The van der Waals surface area contributed by atoms with Gasteiger partial charge in [0.2, 0.25) is 0 Å². The van der Waals surface area contributed by atoms with Gasteiger partial charge in [0.15, 0.2) is 0 Å². The van der Waals surface area contributed by atoms with Crippen molar-refractivity contribution in [2.45, 2.75) is 51.0 Å². The molecule has 4 aromatic rings. The Kier molecular flexibility index (Phi) is 7.64. The third-order valence-electron chi connectivity index (χ3n) is 8.21. The predicted molar refractivity (Wildman–Crippen MR) is 158 cm³/mol. The number of fused-ring (bicyclic) bond motifs is 2. The third kappa shape index (κ3) is 5.52. The molecule has 0 saturated heterocycles. The number of imidazole rings is 1. The molecule has 41 heavy (non-hydrogen) atoms. The molecule has 3 heterocycles. The lowest BCUT2D eigenvalue weighted by Crippen LogP contribution is -2.31. The molecule has 9 nitrogen and oxygen atoms in total. The Morgan fingerprint density at radius 2 is 1.83 bits per heavy atom. The van der Waals surface area contributed by atoms with Crippen LogP contribution in [0.25, 0.3) is 22.4 Å². The van der Waals surface area contributed by atoms with E-state index in [0.717, 1.165) is 12.8 Å². The second kappa shape index (κ2) is 11.5. The van der Waals surface area contributed by atoms with Crippen LogP contribution in [-0.4, -0.2) is 49.9 Å². The summed E-state index contributed by atoms with van der Waals surface area (Å²) in [5.74, 6) is 0.395. The van der Waals surface area contributed by atoms with Crippen LogP contribution in [0.2, 0.25) is 5.02 Å². The molecule has 2 amide bonds. The lowest BCUT2D eigenvalue weighted by atomic mass is 9.86. The maximum atomic E-state index is 13.2. The number of carbonyl (C=O) groups excluding carboxylic acids is 2. The largest absolute Gasteiger partial charge is 0.387 e. The topological polar surface area (TPSA) is 131 Å². The first-order valence-corrected chi connectivity index (χ1v) is 14.6. The average molecular weight is 574 g/mol. The first kappa shape index (κ1) is 27.2. The number of imide groups is 1. The number of aliphatic hydroxyl groups excluding tert-OH is 1. The van der Waals surface area contributed by atoms with Crippen molar-refractivity contribution in [2.75, 3.05) is 18.4 Å². The average Bonchev–Trinajstić information content (AvgIpc) is 3.49. The molecule has 1 saturated carbocycles. The van der Waals surface area contributed by atoms with Crippen molar-refractivity contribution in [1.82, 2.24) is 19.9 Å². The number of aromatic amines is 2. The summed E-state index contributed by atoms with van der Waals surface area (Å²) in [6.45, 7) is 0.551. The summed E-state index contributed by atoms with van der Waals surface area (Å²) in [6.07, 6.45) is 8.84. The quantitative estimate of drug-likeness (QED) is 0.191. The van der Waals surface area contributed by atoms with Gasteiger partial charge >= 0.3 is 0 Å². The molecule has 212 valence electrons. The first-order chi connectivity index (χ1) is 19.9. The molecular formula is C31H32ClN5O4. The number of carbonyl (C=O) groups is 2. The number of anilines is 1. The van der Waals surface area contributed by atoms with Gasteiger partial charge in [-0.25, -0.2) is 4.98 Å². The minimum atomic E-state index is -0.859. The molecule has 2 aromatic carbocycles. The van der Waals surface area contributed by atoms with Gasteiger partial charge in [-0.05, 0) is 54.7 Å². The molecular weight excluding hydrogens is 542 g/mol. The molecule has 10 heteroatoms. The summed E-state index contributed by atoms with van der Waals surface area (Å²) < 4.78 is 0. The van der Waals surface area contributed by atoms with E-state index >= 15 is 0 Å². The van der Waals surface area contributed by atoms with Gasteiger partial charge in [0, 0.05) is 24.3 Å². The Bertz CT molecular complexity index is 1620. The highest BCUT2D eigenvalue weighted by Crippen LogP contribution is 2.32. The molecule has 2 aliphatic rings. The van der Waals surface area contributed by atoms with Crippen molar-refractivity contribution in [3.63, 3.8) is 0 Å². The van der Waals surface area contributed by atoms with Gasteiger partial charge in [-0.15, -0.1) is 0 Å². The number of aliphatic hydroxyl groups is 1. The fourth-order valence-corrected chi connectivity index (χ4v) is 6.23. The molecule has 1 aliphatic heterocycles. The van der Waals surface area contributed by atoms with Crippen molar-refractivity contribution in [3.8, 4) is 11.4 Å². The third-order valence-corrected chi connectivity index (χ3v) is 8.44. The zero-order valence-corrected chi connectivity index (χ0v) is 23.3. The highest BCUT2D eigenvalue weighted by Gasteiger charge is 2.36. The van der Waals surface area contributed by atoms with Gasteiger partial charge in [-0.1, -0.05) is 55.8 Å². The number of hydrogen-bond donors (Lipinski definition) is 4. The van der Waals surface area contributed by atoms with E-state index in [-0.39, 0.29) is 35.3 Å². The van der Waals surface area contributed by atoms with Crippen molar-refractivity contribution < 1.29 is 14.7 Å². The molecule has 4 N–H and O–H groups in total. The van der Waals surface area contributed by atoms with E-state index in [4.69, 9.17) is 11.6 Å². The Hall–Kier alpha value is -3.95. The van der Waals surface area contributed by atoms with Crippen LogP contribution in [0.15, 0.2) is 53.5 Å². The lowest BCUT2D eigenvalue weighted by Gasteiger charge is -2.22. The summed E-state index contributed by atoms with van der Waals surface area (Å²) in [6, 6.07) is 11.9. The Labute approximate surface area is 242 Å². The molecule has 0 radical (unpaired) electrons. The molecule has 6 rings (SSSR count). The van der Waals surface area contributed by atoms with Gasteiger partial charge in [-0.3, -0.25) is 19.3 Å². The minimum Gasteiger partial charge on any atom is -0.387 e. The van der Waals surface area contributed by atoms with Crippen molar-refractivity contribution in [3.05, 3.63) is 80.7 Å². The molecule has 1 aliphatic carbocycles. The van der Waals surface area contributed by atoms with Crippen LogP contribution in [0, 0.1) is 5.92 Å². The van der Waals surface area contributed by atoms with Crippen LogP contribution in [0.1, 0.15) is 77.3 Å². The molecule has 2 aromatic heterocycles. The number of halogens is 1. The molecule has 0 unspecified atom stereocenters. The smallest absolute Gasteiger partial charge is 0.261 e. The highest BCUT2D eigenvalue weighted by atomic mass is 35.5. The van der Waals surface area contributed by atoms with E-state index in [9.17, 15) is 19.5 Å². The summed E-state index contributed by atoms with van der Waals surface area (Å²) >= 11 is 6.05. The van der Waals surface area contributed by atoms with E-state index in [1.807, 2.05) is 0 Å². The van der Waals surface area contributed by atoms with Crippen LogP contribution in [-0.2, 0) is 0 Å². The lowest BCUT2D eigenvalue weighted by molar-refractivity contribution is 0.0648. The van der Waals surface area contributed by atoms with E-state index in [0.29, 0.717) is 50.9 Å². The Balaban J connectivity index is 1.21. The van der Waals surface area contributed by atoms with Crippen LogP contribution >= 0.6 is 11.6 Å². The van der Waals surface area contributed by atoms with E-state index in [1.165, 1.54) is 43.2 Å². The summed E-state index contributed by atoms with van der Waals surface area (Å²) in [5.41, 5.74) is 2.71. The van der Waals surface area contributed by atoms with Crippen LogP contribution in [0.4, 0.5) is 5.69 Å². The number of H-pyrrole nitrogens is 2. The van der Waals surface area contributed by atoms with Crippen LogP contribution in [0.3, 0.4) is 0 Å². The fraction of sp³-hybridized carbons (Fsp3) is 0.355. The minimum absolute atomic E-state index is 0.130. The zero-order valence-electron chi connectivity index (χ0n) is 22.6. The van der Waals surface area contributed by atoms with Gasteiger partial charge in [-0.2, -0.15) is 0 Å². The van der Waals surface area contributed by atoms with Crippen LogP contribution in [0.5, 0.6) is 0 Å². The fourth-order valence-electron chi connectivity index (χ4n) is 6.03. The highest BCUT2D eigenvalue weighted by molar-refractivity contribution is 6.30. The second-order valence-electron chi connectivity index (χ2n) is 11.0. The van der Waals surface area contributed by atoms with E-state index in [1.54, 1.807) is 42.5 Å². The van der Waals surface area contributed by atoms with Crippen molar-refractivity contribution >= 4 is 40.1 Å². The number of benzene rings is 2. The zero-order chi connectivity index (χ0) is 28.5. The number of amides is 2. The number of hydrogen-bond acceptors (Lipinski definition) is 6. The Morgan fingerprint density at radius 3 is 2.61 bits per heavy atom. The molecule has 1 atom stereocenters. The summed E-state index contributed by atoms with van der Waals surface area (Å²) in [4.78, 5) is 51.0. The van der Waals surface area contributed by atoms with E-state index < -0.39 is 6.10 Å². The predicted octanol–water partition coefficient (Wildman–Crippen LogP) is 5.67. The Morgan fingerprint density at radius 1 is 1.05 bits per heavy atom. The first-order valence-electron chi connectivity index (χ1n) is 14.2. The number of pyridine rings is 1. The normalized spacial score (nSPS) is 16.4. The van der Waals surface area contributed by atoms with Gasteiger partial charge in [0.25, 0.3) is 17.4 Å². The van der Waals surface area contributed by atoms with Crippen molar-refractivity contribution in [2.24, 2.45) is 5.92 Å². The number of nitrogens with one attached hydrogen (secondary N) is 3. The molecule has 0 spiro atoms. The van der Waals surface area contributed by atoms with E-state index in [2.05, 4.69) is 20.3 Å². The summed E-state index contributed by atoms with van der Waals surface area (Å²) in [7, 11) is 0. The van der Waals surface area contributed by atoms with Gasteiger partial charge in [0.1, 0.15) is 11.4 Å². The summed E-state index contributed by atoms with van der Waals surface area (Å²) in [5, 5.41) is 14.3. The van der Waals surface area contributed by atoms with Crippen molar-refractivity contribution in [1.29, 1.82) is 0 Å². The SMILES string of the molecule is O=C1c2cc3nc(-c4c(NC[C@@H](O)c5cccc(Cl)c5)cc[nH]c4=O)[nH]c3cc2C(=O)N1CCCC1CCCCC1. The van der Waals surface area contributed by atoms with Gasteiger partial charge < -0.3 is 20.4 Å². The molecule has 1 fully saturated rings. The van der Waals surface area contributed by atoms with Gasteiger partial charge in [0.05, 0.1) is 34.0 Å². The van der Waals surface area contributed by atoms with Crippen LogP contribution < -0.4 is 10.9 Å². The molecule has 0 bridgehead atoms. The monoisotopic (exact) mass is 573 g/mol. The number of aromatic nitrogens is 3. The maximum absolute atomic E-state index is 13.2.